The summed E-state index contributed by atoms with van der Waals surface area (Å²) in [5.41, 5.74) is -0.401. The highest BCUT2D eigenvalue weighted by Crippen LogP contribution is 2.33. The van der Waals surface area contributed by atoms with Gasteiger partial charge in [-0.05, 0) is 39.0 Å². The molecule has 1 fully saturated rings. The van der Waals surface area contributed by atoms with Gasteiger partial charge in [0.2, 0.25) is 0 Å². The Bertz CT molecular complexity index is 304. The molecule has 4 heteroatoms. The van der Waals surface area contributed by atoms with E-state index >= 15 is 0 Å². The number of carbonyl (C=O) groups is 2. The second-order valence-corrected chi connectivity index (χ2v) is 6.50. The molecular formula is C13H23NO3. The van der Waals surface area contributed by atoms with Crippen molar-refractivity contribution in [2.45, 2.75) is 59.1 Å². The Morgan fingerprint density at radius 3 is 2.47 bits per heavy atom. The van der Waals surface area contributed by atoms with Gasteiger partial charge in [0.1, 0.15) is 11.9 Å². The molecule has 98 valence electrons. The SMILES string of the molecule is CC1(C)CCN(C(=O)OC(C)(C)C)[C@@H](C=O)C1. The van der Waals surface area contributed by atoms with Gasteiger partial charge in [-0.25, -0.2) is 4.79 Å². The highest BCUT2D eigenvalue weighted by molar-refractivity contribution is 5.74. The highest BCUT2D eigenvalue weighted by atomic mass is 16.6. The summed E-state index contributed by atoms with van der Waals surface area (Å²) in [5.74, 6) is 0. The molecule has 1 rings (SSSR count). The minimum atomic E-state index is -0.516. The van der Waals surface area contributed by atoms with Crippen molar-refractivity contribution in [2.24, 2.45) is 5.41 Å². The quantitative estimate of drug-likeness (QED) is 0.663. The Morgan fingerprint density at radius 1 is 1.41 bits per heavy atom. The molecule has 1 atom stereocenters. The molecule has 1 heterocycles. The van der Waals surface area contributed by atoms with E-state index in [1.54, 1.807) is 4.90 Å². The monoisotopic (exact) mass is 241 g/mol. The summed E-state index contributed by atoms with van der Waals surface area (Å²) in [5, 5.41) is 0. The number of likely N-dealkylation sites (tertiary alicyclic amines) is 1. The van der Waals surface area contributed by atoms with E-state index in [1.807, 2.05) is 20.8 Å². The van der Waals surface area contributed by atoms with Crippen LogP contribution in [0.4, 0.5) is 4.79 Å². The van der Waals surface area contributed by atoms with Crippen molar-refractivity contribution in [3.05, 3.63) is 0 Å². The first kappa shape index (κ1) is 14.0. The molecule has 0 spiro atoms. The third kappa shape index (κ3) is 4.02. The average Bonchev–Trinajstić information content (AvgIpc) is 2.13. The maximum Gasteiger partial charge on any atom is 0.410 e. The van der Waals surface area contributed by atoms with Crippen molar-refractivity contribution in [2.75, 3.05) is 6.54 Å². The number of hydrogen-bond donors (Lipinski definition) is 0. The van der Waals surface area contributed by atoms with Crippen LogP contribution in [0.15, 0.2) is 0 Å². The molecule has 0 aliphatic carbocycles. The van der Waals surface area contributed by atoms with Crippen molar-refractivity contribution in [3.8, 4) is 0 Å². The number of ether oxygens (including phenoxy) is 1. The lowest BCUT2D eigenvalue weighted by Gasteiger charge is -2.41. The Morgan fingerprint density at radius 2 is 2.00 bits per heavy atom. The van der Waals surface area contributed by atoms with Gasteiger partial charge in [-0.1, -0.05) is 13.8 Å². The van der Waals surface area contributed by atoms with E-state index in [0.29, 0.717) is 13.0 Å². The first-order valence-corrected chi connectivity index (χ1v) is 6.09. The third-order valence-electron chi connectivity index (χ3n) is 2.98. The fourth-order valence-corrected chi connectivity index (χ4v) is 2.04. The second-order valence-electron chi connectivity index (χ2n) is 6.50. The lowest BCUT2D eigenvalue weighted by atomic mass is 9.79. The topological polar surface area (TPSA) is 46.6 Å². The van der Waals surface area contributed by atoms with Gasteiger partial charge in [0.25, 0.3) is 0 Å². The number of rotatable bonds is 1. The van der Waals surface area contributed by atoms with Crippen molar-refractivity contribution in [3.63, 3.8) is 0 Å². The van der Waals surface area contributed by atoms with Gasteiger partial charge in [0.15, 0.2) is 0 Å². The summed E-state index contributed by atoms with van der Waals surface area (Å²) in [4.78, 5) is 24.6. The van der Waals surface area contributed by atoms with Crippen LogP contribution in [0.1, 0.15) is 47.5 Å². The predicted molar refractivity (Wildman–Crippen MR) is 65.8 cm³/mol. The molecule has 0 radical (unpaired) electrons. The highest BCUT2D eigenvalue weighted by Gasteiger charge is 2.37. The fourth-order valence-electron chi connectivity index (χ4n) is 2.04. The molecule has 4 nitrogen and oxygen atoms in total. The zero-order valence-corrected chi connectivity index (χ0v) is 11.4. The standard InChI is InChI=1S/C13H23NO3/c1-12(2,3)17-11(16)14-7-6-13(4,5)8-10(14)9-15/h9-10H,6-8H2,1-5H3/t10-/m1/s1. The summed E-state index contributed by atoms with van der Waals surface area (Å²) >= 11 is 0. The van der Waals surface area contributed by atoms with Crippen LogP contribution in [0.5, 0.6) is 0 Å². The largest absolute Gasteiger partial charge is 0.444 e. The van der Waals surface area contributed by atoms with E-state index < -0.39 is 5.60 Å². The van der Waals surface area contributed by atoms with Crippen LogP contribution in [-0.2, 0) is 9.53 Å². The molecule has 0 unspecified atom stereocenters. The molecule has 1 saturated heterocycles. The zero-order valence-electron chi connectivity index (χ0n) is 11.4. The molecule has 1 aliphatic rings. The summed E-state index contributed by atoms with van der Waals surface area (Å²) in [7, 11) is 0. The van der Waals surface area contributed by atoms with E-state index in [0.717, 1.165) is 12.7 Å². The van der Waals surface area contributed by atoms with Crippen LogP contribution in [-0.4, -0.2) is 35.5 Å². The van der Waals surface area contributed by atoms with E-state index in [2.05, 4.69) is 13.8 Å². The molecule has 0 bridgehead atoms. The lowest BCUT2D eigenvalue weighted by Crippen LogP contribution is -2.50. The Balaban J connectivity index is 2.71. The predicted octanol–water partition coefficient (Wildman–Crippen LogP) is 2.61. The number of nitrogens with zero attached hydrogens (tertiary/aromatic N) is 1. The van der Waals surface area contributed by atoms with Crippen LogP contribution in [0.25, 0.3) is 0 Å². The van der Waals surface area contributed by atoms with Gasteiger partial charge in [-0.3, -0.25) is 4.90 Å². The van der Waals surface area contributed by atoms with E-state index in [-0.39, 0.29) is 17.6 Å². The molecular weight excluding hydrogens is 218 g/mol. The lowest BCUT2D eigenvalue weighted by molar-refractivity contribution is -0.115. The Labute approximate surface area is 103 Å². The number of hydrogen-bond acceptors (Lipinski definition) is 3. The average molecular weight is 241 g/mol. The van der Waals surface area contributed by atoms with Crippen molar-refractivity contribution in [1.29, 1.82) is 0 Å². The van der Waals surface area contributed by atoms with Crippen LogP contribution < -0.4 is 0 Å². The molecule has 0 aromatic heterocycles. The van der Waals surface area contributed by atoms with Crippen LogP contribution in [0, 0.1) is 5.41 Å². The smallest absolute Gasteiger partial charge is 0.410 e. The third-order valence-corrected chi connectivity index (χ3v) is 2.98. The molecule has 1 aliphatic heterocycles. The van der Waals surface area contributed by atoms with E-state index in [4.69, 9.17) is 4.74 Å². The summed E-state index contributed by atoms with van der Waals surface area (Å²) in [6.45, 7) is 10.3. The number of carbonyl (C=O) groups excluding carboxylic acids is 2. The second kappa shape index (κ2) is 4.67. The number of piperidine rings is 1. The summed E-state index contributed by atoms with van der Waals surface area (Å²) in [6, 6.07) is -0.353. The molecule has 0 aromatic rings. The van der Waals surface area contributed by atoms with Gasteiger partial charge in [0.05, 0.1) is 6.04 Å². The minimum Gasteiger partial charge on any atom is -0.444 e. The van der Waals surface area contributed by atoms with Gasteiger partial charge >= 0.3 is 6.09 Å². The van der Waals surface area contributed by atoms with E-state index in [9.17, 15) is 9.59 Å². The van der Waals surface area contributed by atoms with Gasteiger partial charge in [0, 0.05) is 6.54 Å². The Hall–Kier alpha value is -1.06. The molecule has 0 N–H and O–H groups in total. The van der Waals surface area contributed by atoms with E-state index in [1.165, 1.54) is 0 Å². The van der Waals surface area contributed by atoms with Crippen molar-refractivity contribution in [1.82, 2.24) is 4.90 Å². The van der Waals surface area contributed by atoms with Gasteiger partial charge in [-0.2, -0.15) is 0 Å². The van der Waals surface area contributed by atoms with Crippen LogP contribution in [0.3, 0.4) is 0 Å². The minimum absolute atomic E-state index is 0.115. The maximum atomic E-state index is 11.9. The maximum absolute atomic E-state index is 11.9. The molecule has 0 aromatic carbocycles. The van der Waals surface area contributed by atoms with Crippen LogP contribution in [0.2, 0.25) is 0 Å². The molecule has 0 saturated carbocycles. The van der Waals surface area contributed by atoms with Crippen molar-refractivity contribution >= 4 is 12.4 Å². The van der Waals surface area contributed by atoms with Gasteiger partial charge < -0.3 is 9.53 Å². The number of aldehydes is 1. The first-order valence-electron chi connectivity index (χ1n) is 6.09. The van der Waals surface area contributed by atoms with Crippen molar-refractivity contribution < 1.29 is 14.3 Å². The summed E-state index contributed by atoms with van der Waals surface area (Å²) in [6.07, 6.45) is 2.07. The number of amides is 1. The van der Waals surface area contributed by atoms with Crippen LogP contribution >= 0.6 is 0 Å². The summed E-state index contributed by atoms with van der Waals surface area (Å²) < 4.78 is 5.31. The van der Waals surface area contributed by atoms with Gasteiger partial charge in [-0.15, -0.1) is 0 Å². The zero-order chi connectivity index (χ0) is 13.3. The fraction of sp³-hybridized carbons (Fsp3) is 0.846. The Kier molecular flexibility index (Phi) is 3.84. The molecule has 17 heavy (non-hydrogen) atoms. The normalized spacial score (nSPS) is 24.3. The first-order chi connectivity index (χ1) is 7.64. The molecule has 1 amide bonds.